The number of carbonyl (C=O) groups is 1. The van der Waals surface area contributed by atoms with Crippen LogP contribution in [0.15, 0.2) is 0 Å². The summed E-state index contributed by atoms with van der Waals surface area (Å²) in [5, 5.41) is 9.45. The summed E-state index contributed by atoms with van der Waals surface area (Å²) in [5.74, 6) is 1.52. The molecule has 0 bridgehead atoms. The van der Waals surface area contributed by atoms with Gasteiger partial charge in [-0.3, -0.25) is 14.6 Å². The number of hydrogen-bond donors (Lipinski definition) is 1. The van der Waals surface area contributed by atoms with Crippen LogP contribution >= 0.6 is 0 Å². The van der Waals surface area contributed by atoms with Crippen molar-refractivity contribution >= 4 is 5.91 Å². The van der Waals surface area contributed by atoms with Crippen LogP contribution in [0.25, 0.3) is 0 Å². The minimum absolute atomic E-state index is 0.0242. The van der Waals surface area contributed by atoms with Gasteiger partial charge in [-0.25, -0.2) is 0 Å². The Balaban J connectivity index is 1.86. The fourth-order valence-electron chi connectivity index (χ4n) is 4.26. The number of piperazine rings is 1. The Labute approximate surface area is 141 Å². The first-order valence-electron chi connectivity index (χ1n) is 9.34. The van der Waals surface area contributed by atoms with Crippen molar-refractivity contribution in [1.82, 2.24) is 14.7 Å². The molecule has 5 heteroatoms. The number of hydrogen-bond acceptors (Lipinski definition) is 4. The molecule has 2 aliphatic rings. The topological polar surface area (TPSA) is 47.0 Å². The maximum absolute atomic E-state index is 12.8. The van der Waals surface area contributed by atoms with Crippen LogP contribution in [-0.4, -0.2) is 83.7 Å². The highest BCUT2D eigenvalue weighted by molar-refractivity contribution is 5.81. The first-order chi connectivity index (χ1) is 11.0. The molecule has 2 aliphatic heterocycles. The molecule has 0 aromatic carbocycles. The lowest BCUT2D eigenvalue weighted by atomic mass is 9.91. The van der Waals surface area contributed by atoms with E-state index in [1.807, 2.05) is 0 Å². The molecule has 1 amide bonds. The van der Waals surface area contributed by atoms with Crippen LogP contribution in [0, 0.1) is 11.8 Å². The van der Waals surface area contributed by atoms with Gasteiger partial charge in [0.15, 0.2) is 0 Å². The standard InChI is InChI=1S/C18H35N3O2/c1-5-17(13-22)20-8-6-19(7-9-20)16(4)18(23)21-11-14(2)10-15(3)12-21/h14-17,22H,5-13H2,1-4H3. The summed E-state index contributed by atoms with van der Waals surface area (Å²) in [6, 6.07) is 0.246. The Kier molecular flexibility index (Phi) is 6.86. The van der Waals surface area contributed by atoms with E-state index in [0.29, 0.717) is 17.7 Å². The van der Waals surface area contributed by atoms with Gasteiger partial charge in [0.25, 0.3) is 0 Å². The van der Waals surface area contributed by atoms with Crippen molar-refractivity contribution in [3.63, 3.8) is 0 Å². The van der Waals surface area contributed by atoms with Gasteiger partial charge in [-0.2, -0.15) is 0 Å². The van der Waals surface area contributed by atoms with Crippen LogP contribution in [0.5, 0.6) is 0 Å². The third-order valence-electron chi connectivity index (χ3n) is 5.63. The Morgan fingerprint density at radius 2 is 1.61 bits per heavy atom. The van der Waals surface area contributed by atoms with Crippen LogP contribution in [0.3, 0.4) is 0 Å². The Bertz CT molecular complexity index is 368. The van der Waals surface area contributed by atoms with Crippen molar-refractivity contribution in [3.8, 4) is 0 Å². The number of amides is 1. The molecule has 0 radical (unpaired) electrons. The molecule has 2 heterocycles. The predicted octanol–water partition coefficient (Wildman–Crippen LogP) is 1.27. The second-order valence-electron chi connectivity index (χ2n) is 7.68. The Hall–Kier alpha value is -0.650. The zero-order chi connectivity index (χ0) is 17.0. The number of rotatable bonds is 5. The number of likely N-dealkylation sites (tertiary alicyclic amines) is 1. The quantitative estimate of drug-likeness (QED) is 0.827. The predicted molar refractivity (Wildman–Crippen MR) is 93.3 cm³/mol. The monoisotopic (exact) mass is 325 g/mol. The van der Waals surface area contributed by atoms with E-state index < -0.39 is 0 Å². The number of aliphatic hydroxyl groups is 1. The zero-order valence-electron chi connectivity index (χ0n) is 15.4. The number of nitrogens with zero attached hydrogens (tertiary/aromatic N) is 3. The maximum Gasteiger partial charge on any atom is 0.239 e. The van der Waals surface area contributed by atoms with Crippen molar-refractivity contribution < 1.29 is 9.90 Å². The lowest BCUT2D eigenvalue weighted by Gasteiger charge is -2.43. The SMILES string of the molecule is CCC(CO)N1CCN(C(C)C(=O)N2CC(C)CC(C)C2)CC1. The smallest absolute Gasteiger partial charge is 0.239 e. The molecule has 0 spiro atoms. The third kappa shape index (κ3) is 4.68. The third-order valence-corrected chi connectivity index (χ3v) is 5.63. The molecule has 4 atom stereocenters. The summed E-state index contributed by atoms with van der Waals surface area (Å²) < 4.78 is 0. The molecule has 0 aromatic heterocycles. The molecule has 2 rings (SSSR count). The second-order valence-corrected chi connectivity index (χ2v) is 7.68. The van der Waals surface area contributed by atoms with Gasteiger partial charge in [-0.1, -0.05) is 20.8 Å². The molecule has 4 unspecified atom stereocenters. The summed E-state index contributed by atoms with van der Waals surface area (Å²) in [7, 11) is 0. The van der Waals surface area contributed by atoms with Crippen molar-refractivity contribution in [3.05, 3.63) is 0 Å². The molecule has 1 N–H and O–H groups in total. The molecule has 0 aromatic rings. The minimum Gasteiger partial charge on any atom is -0.395 e. The van der Waals surface area contributed by atoms with Crippen molar-refractivity contribution in [1.29, 1.82) is 0 Å². The van der Waals surface area contributed by atoms with E-state index in [9.17, 15) is 9.90 Å². The van der Waals surface area contributed by atoms with Crippen LogP contribution in [0.4, 0.5) is 0 Å². The van der Waals surface area contributed by atoms with Crippen LogP contribution < -0.4 is 0 Å². The van der Waals surface area contributed by atoms with Gasteiger partial charge in [0.2, 0.25) is 5.91 Å². The average Bonchev–Trinajstić information content (AvgIpc) is 2.54. The van der Waals surface area contributed by atoms with E-state index >= 15 is 0 Å². The lowest BCUT2D eigenvalue weighted by molar-refractivity contribution is -0.140. The highest BCUT2D eigenvalue weighted by atomic mass is 16.3. The van der Waals surface area contributed by atoms with Gasteiger partial charge in [0.05, 0.1) is 12.6 Å². The summed E-state index contributed by atoms with van der Waals surface area (Å²) in [4.78, 5) is 19.6. The normalized spacial score (nSPS) is 30.2. The van der Waals surface area contributed by atoms with E-state index in [0.717, 1.165) is 45.7 Å². The molecular formula is C18H35N3O2. The van der Waals surface area contributed by atoms with Crippen LogP contribution in [0.1, 0.15) is 40.5 Å². The lowest BCUT2D eigenvalue weighted by Crippen LogP contribution is -2.57. The van der Waals surface area contributed by atoms with Gasteiger partial charge in [0.1, 0.15) is 0 Å². The minimum atomic E-state index is -0.0242. The van der Waals surface area contributed by atoms with Gasteiger partial charge in [0, 0.05) is 45.3 Å². The molecule has 5 nitrogen and oxygen atoms in total. The van der Waals surface area contributed by atoms with E-state index in [1.54, 1.807) is 0 Å². The van der Waals surface area contributed by atoms with Gasteiger partial charge in [-0.05, 0) is 31.6 Å². The first kappa shape index (κ1) is 18.7. The zero-order valence-corrected chi connectivity index (χ0v) is 15.4. The largest absolute Gasteiger partial charge is 0.395 e. The van der Waals surface area contributed by atoms with Gasteiger partial charge >= 0.3 is 0 Å². The van der Waals surface area contributed by atoms with Crippen LogP contribution in [-0.2, 0) is 4.79 Å². The van der Waals surface area contributed by atoms with Crippen molar-refractivity contribution in [2.45, 2.75) is 52.6 Å². The van der Waals surface area contributed by atoms with Gasteiger partial charge < -0.3 is 10.0 Å². The van der Waals surface area contributed by atoms with E-state index in [1.165, 1.54) is 6.42 Å². The number of carbonyl (C=O) groups excluding carboxylic acids is 1. The molecule has 23 heavy (non-hydrogen) atoms. The fourth-order valence-corrected chi connectivity index (χ4v) is 4.26. The maximum atomic E-state index is 12.8. The first-order valence-corrected chi connectivity index (χ1v) is 9.34. The number of piperidine rings is 1. The highest BCUT2D eigenvalue weighted by Crippen LogP contribution is 2.22. The molecule has 0 aliphatic carbocycles. The summed E-state index contributed by atoms with van der Waals surface area (Å²) in [6.07, 6.45) is 2.21. The van der Waals surface area contributed by atoms with E-state index in [4.69, 9.17) is 0 Å². The molecule has 2 saturated heterocycles. The molecule has 0 saturated carbocycles. The summed E-state index contributed by atoms with van der Waals surface area (Å²) in [5.41, 5.74) is 0. The molecule has 2 fully saturated rings. The van der Waals surface area contributed by atoms with E-state index in [2.05, 4.69) is 42.4 Å². The van der Waals surface area contributed by atoms with Crippen molar-refractivity contribution in [2.75, 3.05) is 45.9 Å². The fraction of sp³-hybridized carbons (Fsp3) is 0.944. The van der Waals surface area contributed by atoms with Gasteiger partial charge in [-0.15, -0.1) is 0 Å². The molecular weight excluding hydrogens is 290 g/mol. The average molecular weight is 325 g/mol. The van der Waals surface area contributed by atoms with E-state index in [-0.39, 0.29) is 18.7 Å². The summed E-state index contributed by atoms with van der Waals surface area (Å²) >= 11 is 0. The Morgan fingerprint density at radius 1 is 1.09 bits per heavy atom. The van der Waals surface area contributed by atoms with Crippen molar-refractivity contribution in [2.24, 2.45) is 11.8 Å². The van der Waals surface area contributed by atoms with Crippen LogP contribution in [0.2, 0.25) is 0 Å². The Morgan fingerprint density at radius 3 is 2.09 bits per heavy atom. The molecule has 134 valence electrons. The second kappa shape index (κ2) is 8.45. The highest BCUT2D eigenvalue weighted by Gasteiger charge is 2.33. The summed E-state index contributed by atoms with van der Waals surface area (Å²) in [6.45, 7) is 14.5. The number of aliphatic hydroxyl groups excluding tert-OH is 1.